The van der Waals surface area contributed by atoms with E-state index in [0.717, 1.165) is 0 Å². The van der Waals surface area contributed by atoms with E-state index in [1.807, 2.05) is 0 Å². The minimum Gasteiger partial charge on any atom is -0.567 e. The van der Waals surface area contributed by atoms with E-state index in [0.29, 0.717) is 0 Å². The second-order valence-electron chi connectivity index (χ2n) is 6.50. The van der Waals surface area contributed by atoms with Gasteiger partial charge in [-0.15, -0.1) is 5.46 Å². The molecule has 1 amide bonds. The van der Waals surface area contributed by atoms with E-state index < -0.39 is 39.7 Å². The van der Waals surface area contributed by atoms with Crippen molar-refractivity contribution in [3.63, 3.8) is 0 Å². The molecule has 0 aliphatic rings. The normalized spacial score (nSPS) is 10.8. The fourth-order valence-corrected chi connectivity index (χ4v) is 2.83. The summed E-state index contributed by atoms with van der Waals surface area (Å²) in [5, 5.41) is 6.65. The summed E-state index contributed by atoms with van der Waals surface area (Å²) in [4.78, 5) is 28.4. The molecule has 0 N–H and O–H groups in total. The van der Waals surface area contributed by atoms with Crippen LogP contribution in [0.15, 0.2) is 0 Å². The smallest absolute Gasteiger partial charge is 0.378 e. The molecule has 1 heterocycles. The molecule has 22 radical (unpaired) electrons. The van der Waals surface area contributed by atoms with Gasteiger partial charge in [-0.2, -0.15) is 5.26 Å². The maximum absolute atomic E-state index is 12.8. The van der Waals surface area contributed by atoms with Gasteiger partial charge in [0.15, 0.2) is 5.69 Å². The molecular formula is C15B11N3O4. The van der Waals surface area contributed by atoms with Crippen LogP contribution in [0.3, 0.4) is 0 Å². The molecule has 33 heavy (non-hydrogen) atoms. The number of nitriles is 1. The molecule has 0 spiro atoms. The monoisotopic (exact) mass is 407 g/mol. The number of pyridine rings is 1. The molecule has 0 atom stereocenters. The Labute approximate surface area is 205 Å². The third kappa shape index (κ3) is 4.30. The number of nitrogens with zero attached hydrogens (tertiary/aromatic N) is 3. The summed E-state index contributed by atoms with van der Waals surface area (Å²) in [6, 6.07) is 1.78. The first-order valence-electron chi connectivity index (χ1n) is 8.47. The molecule has 0 saturated carbocycles. The summed E-state index contributed by atoms with van der Waals surface area (Å²) in [6.07, 6.45) is 0. The first-order valence-corrected chi connectivity index (χ1v) is 8.47. The van der Waals surface area contributed by atoms with Crippen molar-refractivity contribution < 1.29 is 18.9 Å². The van der Waals surface area contributed by atoms with Crippen LogP contribution < -0.4 is 37.6 Å². The van der Waals surface area contributed by atoms with Gasteiger partial charge >= 0.3 is 16.1 Å². The largest absolute Gasteiger partial charge is 0.567 e. The highest BCUT2D eigenvalue weighted by Crippen LogP contribution is 2.21. The average Bonchev–Trinajstić information content (AvgIpc) is 2.78. The quantitative estimate of drug-likeness (QED) is 0.459. The lowest BCUT2D eigenvalue weighted by molar-refractivity contribution is -0.136. The standard InChI is InChI=1S/C15B11N3O4/c16-5-2(1-27)6(17)9(20)7(18)3(5)4-8(19)11(32-25)10(28-12(4)21)13(30)29(24)15(22,23)14(31)33-26. The number of carbonyl (C=O) groups excluding carboxylic acids is 2. The van der Waals surface area contributed by atoms with Crippen molar-refractivity contribution in [2.24, 2.45) is 0 Å². The highest BCUT2D eigenvalue weighted by Gasteiger charge is 2.36. The van der Waals surface area contributed by atoms with Crippen molar-refractivity contribution >= 4 is 132 Å². The minimum atomic E-state index is -2.73. The summed E-state index contributed by atoms with van der Waals surface area (Å²) in [5.41, 5.74) is -2.92. The molecule has 18 heteroatoms. The molecule has 0 bridgehead atoms. The lowest BCUT2D eigenvalue weighted by atomic mass is 9.59. The second-order valence-corrected chi connectivity index (χ2v) is 6.50. The Balaban J connectivity index is 2.84. The predicted octanol–water partition coefficient (Wildman–Crippen LogP) is -8.01. The zero-order chi connectivity index (χ0) is 25.4. The lowest BCUT2D eigenvalue weighted by Gasteiger charge is -2.35. The molecule has 132 valence electrons. The van der Waals surface area contributed by atoms with Crippen LogP contribution in [0.2, 0.25) is 0 Å². The predicted molar refractivity (Wildman–Crippen MR) is 131 cm³/mol. The van der Waals surface area contributed by atoms with Gasteiger partial charge in [-0.05, 0) is 22.2 Å². The Morgan fingerprint density at radius 1 is 0.909 bits per heavy atom. The van der Waals surface area contributed by atoms with Crippen molar-refractivity contribution in [3.8, 4) is 22.9 Å². The van der Waals surface area contributed by atoms with Gasteiger partial charge in [-0.1, -0.05) is 16.4 Å². The Morgan fingerprint density at radius 3 is 1.97 bits per heavy atom. The van der Waals surface area contributed by atoms with Crippen LogP contribution in [0.25, 0.3) is 11.1 Å². The number of hydrogen-bond donors (Lipinski definition) is 0. The third-order valence-electron chi connectivity index (χ3n) is 4.61. The van der Waals surface area contributed by atoms with Gasteiger partial charge in [0.25, 0.3) is 11.9 Å². The third-order valence-corrected chi connectivity index (χ3v) is 4.61. The maximum Gasteiger partial charge on any atom is 0.378 e. The van der Waals surface area contributed by atoms with Crippen molar-refractivity contribution in [2.45, 2.75) is 5.34 Å². The number of carbonyl (C=O) groups is 2. The molecular weight excluding hydrogens is 405 g/mol. The van der Waals surface area contributed by atoms with Gasteiger partial charge in [0, 0.05) is 10.9 Å². The summed E-state index contributed by atoms with van der Waals surface area (Å²) < 4.78 is 8.59. The van der Waals surface area contributed by atoms with Crippen LogP contribution in [-0.4, -0.2) is 114 Å². The first-order chi connectivity index (χ1) is 15.3. The van der Waals surface area contributed by atoms with E-state index in [1.54, 1.807) is 6.07 Å². The molecule has 1 aromatic carbocycles. The molecule has 0 aliphatic heterocycles. The number of amides is 1. The molecule has 2 aromatic rings. The van der Waals surface area contributed by atoms with E-state index in [4.69, 9.17) is 86.8 Å². The van der Waals surface area contributed by atoms with E-state index in [1.165, 1.54) is 0 Å². The Hall–Kier alpha value is -2.69. The van der Waals surface area contributed by atoms with Crippen LogP contribution in [0, 0.1) is 11.3 Å². The SMILES string of the molecule is [B]OC(=O)C([B])([B])N([B])C(=O)c1nc([B])c(-c2c([B])c([B])c([B])c(C#N)c2[B])c([B])c1O[B]. The van der Waals surface area contributed by atoms with Crippen molar-refractivity contribution in [3.05, 3.63) is 11.3 Å². The van der Waals surface area contributed by atoms with E-state index in [-0.39, 0.29) is 43.4 Å². The fourth-order valence-electron chi connectivity index (χ4n) is 2.83. The molecule has 0 unspecified atom stereocenters. The molecule has 7 nitrogen and oxygen atoms in total. The zero-order valence-corrected chi connectivity index (χ0v) is 16.8. The van der Waals surface area contributed by atoms with Crippen molar-refractivity contribution in [2.75, 3.05) is 0 Å². The molecule has 0 saturated heterocycles. The Kier molecular flexibility index (Phi) is 7.78. The summed E-state index contributed by atoms with van der Waals surface area (Å²) in [5.74, 6) is -3.40. The highest BCUT2D eigenvalue weighted by atomic mass is 16.5. The number of benzene rings is 1. The topological polar surface area (TPSA) is 92.5 Å². The summed E-state index contributed by atoms with van der Waals surface area (Å²) in [6.45, 7) is 0. The highest BCUT2D eigenvalue weighted by molar-refractivity contribution is 6.63. The minimum absolute atomic E-state index is 0.0311. The summed E-state index contributed by atoms with van der Waals surface area (Å²) in [7, 11) is 62.3. The lowest BCUT2D eigenvalue weighted by Crippen LogP contribution is -2.58. The average molecular weight is 405 g/mol. The van der Waals surface area contributed by atoms with Gasteiger partial charge in [0.05, 0.1) is 6.07 Å². The van der Waals surface area contributed by atoms with E-state index >= 15 is 0 Å². The molecule has 2 rings (SSSR count). The zero-order valence-electron chi connectivity index (χ0n) is 16.8. The first kappa shape index (κ1) is 26.6. The number of hydrogen-bond acceptors (Lipinski definition) is 6. The maximum atomic E-state index is 12.8. The Bertz CT molecular complexity index is 1220. The second kappa shape index (κ2) is 9.66. The van der Waals surface area contributed by atoms with Crippen LogP contribution in [0.1, 0.15) is 16.1 Å². The van der Waals surface area contributed by atoms with Crippen LogP contribution >= 0.6 is 0 Å². The summed E-state index contributed by atoms with van der Waals surface area (Å²) >= 11 is 0. The van der Waals surface area contributed by atoms with Gasteiger partial charge < -0.3 is 14.1 Å². The van der Waals surface area contributed by atoms with Gasteiger partial charge in [0.2, 0.25) is 7.98 Å². The van der Waals surface area contributed by atoms with Crippen molar-refractivity contribution in [1.82, 2.24) is 9.79 Å². The fraction of sp³-hybridized carbons (Fsp3) is 0.0667. The van der Waals surface area contributed by atoms with Gasteiger partial charge in [-0.3, -0.25) is 14.6 Å². The van der Waals surface area contributed by atoms with E-state index in [9.17, 15) is 14.9 Å². The van der Waals surface area contributed by atoms with Crippen LogP contribution in [0.4, 0.5) is 0 Å². The Morgan fingerprint density at radius 2 is 1.48 bits per heavy atom. The van der Waals surface area contributed by atoms with Crippen molar-refractivity contribution in [1.29, 1.82) is 5.26 Å². The van der Waals surface area contributed by atoms with E-state index in [2.05, 4.69) is 14.3 Å². The molecule has 0 aliphatic carbocycles. The van der Waals surface area contributed by atoms with Crippen LogP contribution in [0.5, 0.6) is 5.75 Å². The van der Waals surface area contributed by atoms with Gasteiger partial charge in [0.1, 0.15) is 68.5 Å². The van der Waals surface area contributed by atoms with Crippen LogP contribution in [-0.2, 0) is 9.45 Å². The number of rotatable bonds is 5. The molecule has 0 fully saturated rings. The van der Waals surface area contributed by atoms with Gasteiger partial charge in [-0.25, -0.2) is 0 Å². The molecule has 1 aromatic heterocycles. The number of aromatic nitrogens is 1.